The number of amides is 1. The number of hydrogen-bond donors (Lipinski definition) is 0. The Morgan fingerprint density at radius 3 is 1.83 bits per heavy atom. The molecule has 0 spiro atoms. The predicted octanol–water partition coefficient (Wildman–Crippen LogP) is 7.56. The van der Waals surface area contributed by atoms with Gasteiger partial charge in [0.25, 0.3) is 0 Å². The Labute approximate surface area is 350 Å². The number of piperazine rings is 1. The Morgan fingerprint density at radius 2 is 1.25 bits per heavy atom. The van der Waals surface area contributed by atoms with Crippen molar-refractivity contribution in [2.45, 2.75) is 32.2 Å². The fourth-order valence-corrected chi connectivity index (χ4v) is 8.55. The van der Waals surface area contributed by atoms with Gasteiger partial charge in [0.2, 0.25) is 11.7 Å². The zero-order chi connectivity index (χ0) is 41.3. The molecule has 1 atom stereocenters. The number of rotatable bonds is 18. The third kappa shape index (κ3) is 9.67. The average Bonchev–Trinajstić information content (AvgIpc) is 3.92. The number of ether oxygens (including phenoxy) is 7. The highest BCUT2D eigenvalue weighted by molar-refractivity contribution is 7.21. The smallest absolute Gasteiger partial charge is 0.240 e. The molecule has 5 aromatic rings. The number of aromatic nitrogens is 1. The topological polar surface area (TPSA) is 117 Å². The van der Waals surface area contributed by atoms with Gasteiger partial charge in [0.05, 0.1) is 70.7 Å². The van der Waals surface area contributed by atoms with Crippen LogP contribution in [-0.4, -0.2) is 119 Å². The van der Waals surface area contributed by atoms with Gasteiger partial charge in [-0.1, -0.05) is 18.2 Å². The number of hydrazone groups is 1. The Hall–Kier alpha value is -5.57. The predicted molar refractivity (Wildman–Crippen MR) is 230 cm³/mol. The number of thiazole rings is 1. The molecule has 312 valence electrons. The number of fused-ring (bicyclic) bond motifs is 1. The van der Waals surface area contributed by atoms with Gasteiger partial charge in [-0.15, -0.1) is 11.3 Å². The molecule has 0 bridgehead atoms. The zero-order valence-corrected chi connectivity index (χ0v) is 35.5. The van der Waals surface area contributed by atoms with Crippen LogP contribution in [0.1, 0.15) is 43.4 Å². The van der Waals surface area contributed by atoms with E-state index in [-0.39, 0.29) is 11.9 Å². The molecule has 1 aromatic heterocycles. The van der Waals surface area contributed by atoms with E-state index in [1.165, 1.54) is 16.6 Å². The van der Waals surface area contributed by atoms with Crippen molar-refractivity contribution in [3.05, 3.63) is 83.9 Å². The van der Waals surface area contributed by atoms with Crippen LogP contribution in [0.25, 0.3) is 20.8 Å². The van der Waals surface area contributed by atoms with E-state index in [1.807, 2.05) is 66.7 Å². The van der Waals surface area contributed by atoms with Gasteiger partial charge < -0.3 is 43.0 Å². The first-order chi connectivity index (χ1) is 28.8. The summed E-state index contributed by atoms with van der Waals surface area (Å²) in [7, 11) is 8.03. The second-order valence-corrected chi connectivity index (χ2v) is 15.4. The van der Waals surface area contributed by atoms with Gasteiger partial charge in [0.1, 0.15) is 5.01 Å². The van der Waals surface area contributed by atoms with Crippen LogP contribution in [0.4, 0.5) is 0 Å². The van der Waals surface area contributed by atoms with Gasteiger partial charge in [-0.25, -0.2) is 9.99 Å². The minimum Gasteiger partial charge on any atom is -0.493 e. The van der Waals surface area contributed by atoms with Crippen LogP contribution in [0, 0.1) is 0 Å². The van der Waals surface area contributed by atoms with E-state index in [2.05, 4.69) is 15.9 Å². The molecule has 2 aliphatic rings. The molecule has 0 radical (unpaired) electrons. The SMILES string of the molecule is COc1ccc(-c2nc3ccccc3s2)cc1OCCCN1CCN(CCCOc2cc(C3CC(c4cc(OC)c(OC)c(OC)c4)=NN3C(C)=O)ccc2OC)CC1. The van der Waals surface area contributed by atoms with Crippen molar-refractivity contribution in [2.24, 2.45) is 5.10 Å². The molecule has 59 heavy (non-hydrogen) atoms. The van der Waals surface area contributed by atoms with Crippen LogP contribution in [0.5, 0.6) is 40.2 Å². The van der Waals surface area contributed by atoms with Gasteiger partial charge in [-0.05, 0) is 73.0 Å². The Kier molecular flexibility index (Phi) is 13.7. The summed E-state index contributed by atoms with van der Waals surface area (Å²) in [4.78, 5) is 22.6. The van der Waals surface area contributed by atoms with E-state index in [4.69, 9.17) is 43.2 Å². The number of methoxy groups -OCH3 is 5. The maximum absolute atomic E-state index is 12.8. The summed E-state index contributed by atoms with van der Waals surface area (Å²) in [6.07, 6.45) is 2.29. The molecule has 0 saturated carbocycles. The second-order valence-electron chi connectivity index (χ2n) is 14.4. The van der Waals surface area contributed by atoms with Crippen molar-refractivity contribution in [1.82, 2.24) is 19.8 Å². The first-order valence-electron chi connectivity index (χ1n) is 19.9. The maximum atomic E-state index is 12.8. The lowest BCUT2D eigenvalue weighted by Crippen LogP contribution is -2.47. The highest BCUT2D eigenvalue weighted by Crippen LogP contribution is 2.42. The molecule has 13 nitrogen and oxygen atoms in total. The van der Waals surface area contributed by atoms with E-state index < -0.39 is 0 Å². The van der Waals surface area contributed by atoms with Crippen LogP contribution in [-0.2, 0) is 4.79 Å². The van der Waals surface area contributed by atoms with E-state index in [9.17, 15) is 4.79 Å². The van der Waals surface area contributed by atoms with Crippen molar-refractivity contribution in [3.63, 3.8) is 0 Å². The first-order valence-corrected chi connectivity index (χ1v) is 20.7. The van der Waals surface area contributed by atoms with Crippen molar-refractivity contribution in [2.75, 3.05) is 88.0 Å². The quantitative estimate of drug-likeness (QED) is 0.0816. The summed E-state index contributed by atoms with van der Waals surface area (Å²) < 4.78 is 41.6. The van der Waals surface area contributed by atoms with Gasteiger partial charge in [-0.3, -0.25) is 4.79 Å². The van der Waals surface area contributed by atoms with Crippen molar-refractivity contribution < 1.29 is 38.0 Å². The third-order valence-electron chi connectivity index (χ3n) is 10.7. The summed E-state index contributed by atoms with van der Waals surface area (Å²) in [5, 5.41) is 7.24. The van der Waals surface area contributed by atoms with Crippen LogP contribution < -0.4 is 33.2 Å². The number of para-hydroxylation sites is 1. The second kappa shape index (κ2) is 19.5. The lowest BCUT2D eigenvalue weighted by molar-refractivity contribution is -0.130. The van der Waals surface area contributed by atoms with Crippen LogP contribution in [0.2, 0.25) is 0 Å². The van der Waals surface area contributed by atoms with Gasteiger partial charge in [0.15, 0.2) is 34.5 Å². The minimum atomic E-state index is -0.318. The number of carbonyl (C=O) groups excluding carboxylic acids is 1. The third-order valence-corrected chi connectivity index (χ3v) is 11.8. The van der Waals surface area contributed by atoms with Crippen molar-refractivity contribution in [3.8, 4) is 50.8 Å². The summed E-state index contributed by atoms with van der Waals surface area (Å²) in [5.74, 6) is 4.13. The van der Waals surface area contributed by atoms with Crippen molar-refractivity contribution in [1.29, 1.82) is 0 Å². The Balaban J connectivity index is 0.867. The zero-order valence-electron chi connectivity index (χ0n) is 34.7. The molecule has 4 aromatic carbocycles. The Morgan fingerprint density at radius 1 is 0.678 bits per heavy atom. The first kappa shape index (κ1) is 41.6. The monoisotopic (exact) mass is 823 g/mol. The summed E-state index contributed by atoms with van der Waals surface area (Å²) >= 11 is 1.68. The molecule has 1 fully saturated rings. The molecular weight excluding hydrogens is 771 g/mol. The Bertz CT molecular complexity index is 2200. The molecule has 1 saturated heterocycles. The number of nitrogens with zero attached hydrogens (tertiary/aromatic N) is 5. The van der Waals surface area contributed by atoms with Gasteiger partial charge >= 0.3 is 0 Å². The molecular formula is C45H53N5O8S. The molecule has 1 unspecified atom stereocenters. The average molecular weight is 824 g/mol. The van der Waals surface area contributed by atoms with Gasteiger partial charge in [0, 0.05) is 63.7 Å². The van der Waals surface area contributed by atoms with Gasteiger partial charge in [-0.2, -0.15) is 5.10 Å². The highest BCUT2D eigenvalue weighted by atomic mass is 32.1. The largest absolute Gasteiger partial charge is 0.493 e. The standard InChI is InChI=1S/C45H53N5O8S/c1-30(51)50-36(29-35(47-50)33-27-41(54-4)44(56-6)42(28-33)55-5)31-13-15-37(52-2)39(25-31)57-23-9-17-48-19-21-49(22-20-48)18-10-24-58-40-26-32(14-16-38(40)53-3)45-46-34-11-7-8-12-43(34)59-45/h7-8,11-16,25-28,36H,9-10,17-24,29H2,1-6H3. The summed E-state index contributed by atoms with van der Waals surface area (Å²) in [5.41, 5.74) is 4.46. The van der Waals surface area contributed by atoms with Crippen LogP contribution in [0.15, 0.2) is 77.9 Å². The van der Waals surface area contributed by atoms with Crippen molar-refractivity contribution >= 4 is 33.2 Å². The highest BCUT2D eigenvalue weighted by Gasteiger charge is 2.33. The molecule has 2 aliphatic heterocycles. The summed E-state index contributed by atoms with van der Waals surface area (Å²) in [6.45, 7) is 8.63. The normalized spacial score (nSPS) is 15.9. The lowest BCUT2D eigenvalue weighted by atomic mass is 9.97. The van der Waals surface area contributed by atoms with E-state index in [0.717, 1.165) is 96.5 Å². The number of hydrogen-bond acceptors (Lipinski definition) is 13. The lowest BCUT2D eigenvalue weighted by Gasteiger charge is -2.34. The summed E-state index contributed by atoms with van der Waals surface area (Å²) in [6, 6.07) is 23.4. The fraction of sp³-hybridized carbons (Fsp3) is 0.400. The van der Waals surface area contributed by atoms with E-state index >= 15 is 0 Å². The molecule has 14 heteroatoms. The van der Waals surface area contributed by atoms with E-state index in [1.54, 1.807) is 46.9 Å². The van der Waals surface area contributed by atoms with Crippen LogP contribution >= 0.6 is 11.3 Å². The van der Waals surface area contributed by atoms with E-state index in [0.29, 0.717) is 48.4 Å². The molecule has 1 amide bonds. The number of benzene rings is 4. The molecule has 7 rings (SSSR count). The minimum absolute atomic E-state index is 0.160. The number of carbonyl (C=O) groups is 1. The molecule has 0 N–H and O–H groups in total. The maximum Gasteiger partial charge on any atom is 0.240 e. The molecule has 0 aliphatic carbocycles. The fourth-order valence-electron chi connectivity index (χ4n) is 7.59. The molecule has 3 heterocycles. The van der Waals surface area contributed by atoms with Crippen LogP contribution in [0.3, 0.4) is 0 Å².